The second-order valence-corrected chi connectivity index (χ2v) is 6.63. The summed E-state index contributed by atoms with van der Waals surface area (Å²) < 4.78 is 1.92. The van der Waals surface area contributed by atoms with E-state index in [0.717, 1.165) is 18.5 Å². The van der Waals surface area contributed by atoms with Crippen molar-refractivity contribution in [2.45, 2.75) is 59.4 Å². The molecule has 2 rings (SSSR count). The maximum atomic E-state index is 12.5. The van der Waals surface area contributed by atoms with Crippen LogP contribution in [0.1, 0.15) is 58.7 Å². The molecule has 0 spiro atoms. The average Bonchev–Trinajstić information content (AvgIpc) is 2.97. The van der Waals surface area contributed by atoms with E-state index in [1.54, 1.807) is 0 Å². The van der Waals surface area contributed by atoms with Crippen LogP contribution < -0.4 is 0 Å². The van der Waals surface area contributed by atoms with E-state index in [0.29, 0.717) is 18.9 Å². The molecule has 0 bridgehead atoms. The van der Waals surface area contributed by atoms with Crippen LogP contribution in [0.4, 0.5) is 0 Å². The van der Waals surface area contributed by atoms with Gasteiger partial charge < -0.3 is 0 Å². The third-order valence-electron chi connectivity index (χ3n) is 4.63. The lowest BCUT2D eigenvalue weighted by atomic mass is 9.78. The summed E-state index contributed by atoms with van der Waals surface area (Å²) in [5, 5.41) is 14.1. The number of nitrogens with zero attached hydrogens (tertiary/aromatic N) is 3. The molecular weight excluding hydrogens is 250 g/mol. The Morgan fingerprint density at radius 2 is 2.20 bits per heavy atom. The first kappa shape index (κ1) is 14.8. The van der Waals surface area contributed by atoms with Crippen LogP contribution in [0.25, 0.3) is 0 Å². The number of hydrogen-bond donors (Lipinski definition) is 0. The topological polar surface area (TPSA) is 58.7 Å². The fourth-order valence-electron chi connectivity index (χ4n) is 2.93. The molecule has 1 aliphatic carbocycles. The molecule has 1 saturated carbocycles. The molecule has 0 aromatic carbocycles. The molecule has 108 valence electrons. The van der Waals surface area contributed by atoms with Crippen molar-refractivity contribution in [2.24, 2.45) is 10.8 Å². The van der Waals surface area contributed by atoms with Crippen molar-refractivity contribution >= 4 is 5.78 Å². The first-order valence-electron chi connectivity index (χ1n) is 7.35. The largest absolute Gasteiger partial charge is 0.297 e. The predicted molar refractivity (Wildman–Crippen MR) is 77.0 cm³/mol. The first-order chi connectivity index (χ1) is 9.34. The van der Waals surface area contributed by atoms with Crippen LogP contribution in [0.2, 0.25) is 0 Å². The Hall–Kier alpha value is -1.63. The fraction of sp³-hybridized carbons (Fsp3) is 0.688. The van der Waals surface area contributed by atoms with E-state index in [-0.39, 0.29) is 11.2 Å². The molecule has 4 heteroatoms. The molecule has 0 N–H and O–H groups in total. The number of carbonyl (C=O) groups is 1. The van der Waals surface area contributed by atoms with E-state index in [2.05, 4.69) is 25.0 Å². The normalized spacial score (nSPS) is 26.4. The zero-order valence-electron chi connectivity index (χ0n) is 12.8. The van der Waals surface area contributed by atoms with Gasteiger partial charge in [-0.15, -0.1) is 0 Å². The monoisotopic (exact) mass is 273 g/mol. The molecule has 1 heterocycles. The minimum absolute atomic E-state index is 0.0746. The van der Waals surface area contributed by atoms with Gasteiger partial charge in [0.1, 0.15) is 5.41 Å². The molecule has 1 aromatic heterocycles. The Balaban J connectivity index is 2.22. The van der Waals surface area contributed by atoms with Gasteiger partial charge >= 0.3 is 0 Å². The summed E-state index contributed by atoms with van der Waals surface area (Å²) in [6.45, 7) is 8.10. The quantitative estimate of drug-likeness (QED) is 0.845. The van der Waals surface area contributed by atoms with E-state index < -0.39 is 5.41 Å². The van der Waals surface area contributed by atoms with Gasteiger partial charge in [0.25, 0.3) is 0 Å². The van der Waals surface area contributed by atoms with Crippen molar-refractivity contribution in [3.63, 3.8) is 0 Å². The van der Waals surface area contributed by atoms with Gasteiger partial charge in [-0.1, -0.05) is 20.8 Å². The molecule has 4 nitrogen and oxygen atoms in total. The van der Waals surface area contributed by atoms with E-state index in [1.807, 2.05) is 30.8 Å². The molecular formula is C16H23N3O. The second-order valence-electron chi connectivity index (χ2n) is 6.63. The average molecular weight is 273 g/mol. The SMILES string of the molecule is CCC(C)n1ccc(CC2(C#N)CCC(C)(C)C2=O)n1. The second kappa shape index (κ2) is 5.05. The van der Waals surface area contributed by atoms with Crippen molar-refractivity contribution in [3.8, 4) is 6.07 Å². The minimum atomic E-state index is -0.877. The first-order valence-corrected chi connectivity index (χ1v) is 7.35. The maximum absolute atomic E-state index is 12.5. The Morgan fingerprint density at radius 1 is 1.50 bits per heavy atom. The van der Waals surface area contributed by atoms with Gasteiger partial charge in [0, 0.05) is 24.1 Å². The van der Waals surface area contributed by atoms with E-state index in [4.69, 9.17) is 0 Å². The van der Waals surface area contributed by atoms with Crippen molar-refractivity contribution in [1.82, 2.24) is 9.78 Å². The highest BCUT2D eigenvalue weighted by atomic mass is 16.1. The van der Waals surface area contributed by atoms with Gasteiger partial charge in [0.2, 0.25) is 0 Å². The van der Waals surface area contributed by atoms with E-state index in [9.17, 15) is 10.1 Å². The lowest BCUT2D eigenvalue weighted by Crippen LogP contribution is -2.33. The van der Waals surface area contributed by atoms with Crippen molar-refractivity contribution in [3.05, 3.63) is 18.0 Å². The number of carbonyl (C=O) groups excluding carboxylic acids is 1. The zero-order valence-corrected chi connectivity index (χ0v) is 12.8. The molecule has 0 saturated heterocycles. The summed E-state index contributed by atoms with van der Waals surface area (Å²) >= 11 is 0. The number of rotatable bonds is 4. The number of nitriles is 1. The highest BCUT2D eigenvalue weighted by molar-refractivity contribution is 5.94. The van der Waals surface area contributed by atoms with Gasteiger partial charge in [-0.05, 0) is 32.3 Å². The van der Waals surface area contributed by atoms with Crippen LogP contribution in [-0.2, 0) is 11.2 Å². The van der Waals surface area contributed by atoms with Crippen LogP contribution in [0, 0.1) is 22.2 Å². The number of aromatic nitrogens is 2. The third kappa shape index (κ3) is 2.37. The van der Waals surface area contributed by atoms with Gasteiger partial charge in [0.15, 0.2) is 5.78 Å². The number of hydrogen-bond acceptors (Lipinski definition) is 3. The number of Topliss-reactive ketones (excluding diaryl/α,β-unsaturated/α-hetero) is 1. The molecule has 0 aliphatic heterocycles. The molecule has 1 aromatic rings. The van der Waals surface area contributed by atoms with Crippen LogP contribution in [0.3, 0.4) is 0 Å². The lowest BCUT2D eigenvalue weighted by molar-refractivity contribution is -0.130. The molecule has 0 amide bonds. The fourth-order valence-corrected chi connectivity index (χ4v) is 2.93. The third-order valence-corrected chi connectivity index (χ3v) is 4.63. The lowest BCUT2D eigenvalue weighted by Gasteiger charge is -2.21. The van der Waals surface area contributed by atoms with Crippen molar-refractivity contribution < 1.29 is 4.79 Å². The van der Waals surface area contributed by atoms with E-state index >= 15 is 0 Å². The molecule has 20 heavy (non-hydrogen) atoms. The van der Waals surface area contributed by atoms with Crippen molar-refractivity contribution in [2.75, 3.05) is 0 Å². The molecule has 2 unspecified atom stereocenters. The summed E-state index contributed by atoms with van der Waals surface area (Å²) in [4.78, 5) is 12.5. The summed E-state index contributed by atoms with van der Waals surface area (Å²) in [6, 6.07) is 4.56. The van der Waals surface area contributed by atoms with Gasteiger partial charge in [-0.25, -0.2) is 0 Å². The standard InChI is InChI=1S/C16H23N3O/c1-5-12(2)19-9-6-13(18-19)10-16(11-17)8-7-15(3,4)14(16)20/h6,9,12H,5,7-8,10H2,1-4H3. The summed E-state index contributed by atoms with van der Waals surface area (Å²) in [6.07, 6.45) is 4.82. The zero-order chi connectivity index (χ0) is 15.0. The summed E-state index contributed by atoms with van der Waals surface area (Å²) in [5.41, 5.74) is -0.412. The molecule has 2 atom stereocenters. The van der Waals surface area contributed by atoms with Crippen LogP contribution in [0.15, 0.2) is 12.3 Å². The Bertz CT molecular complexity index is 552. The van der Waals surface area contributed by atoms with Crippen molar-refractivity contribution in [1.29, 1.82) is 5.26 Å². The maximum Gasteiger partial charge on any atom is 0.159 e. The Kier molecular flexibility index (Phi) is 3.73. The van der Waals surface area contributed by atoms with Crippen LogP contribution >= 0.6 is 0 Å². The molecule has 1 fully saturated rings. The number of ketones is 1. The minimum Gasteiger partial charge on any atom is -0.297 e. The predicted octanol–water partition coefficient (Wildman–Crippen LogP) is 3.30. The van der Waals surface area contributed by atoms with Gasteiger partial charge in [-0.2, -0.15) is 10.4 Å². The van der Waals surface area contributed by atoms with Crippen LogP contribution in [-0.4, -0.2) is 15.6 Å². The van der Waals surface area contributed by atoms with Crippen LogP contribution in [0.5, 0.6) is 0 Å². The smallest absolute Gasteiger partial charge is 0.159 e. The highest BCUT2D eigenvalue weighted by Gasteiger charge is 2.52. The molecule has 0 radical (unpaired) electrons. The highest BCUT2D eigenvalue weighted by Crippen LogP contribution is 2.47. The molecule has 1 aliphatic rings. The Labute approximate surface area is 120 Å². The summed E-state index contributed by atoms with van der Waals surface area (Å²) in [5.74, 6) is 0.0746. The van der Waals surface area contributed by atoms with Gasteiger partial charge in [-0.3, -0.25) is 9.48 Å². The Morgan fingerprint density at radius 3 is 2.70 bits per heavy atom. The van der Waals surface area contributed by atoms with E-state index in [1.165, 1.54) is 0 Å². The van der Waals surface area contributed by atoms with Gasteiger partial charge in [0.05, 0.1) is 11.8 Å². The summed E-state index contributed by atoms with van der Waals surface area (Å²) in [7, 11) is 0.